The second-order valence-electron chi connectivity index (χ2n) is 5.99. The highest BCUT2D eigenvalue weighted by molar-refractivity contribution is 5.80. The van der Waals surface area contributed by atoms with Crippen molar-refractivity contribution in [2.75, 3.05) is 0 Å². The topological polar surface area (TPSA) is 48.0 Å². The van der Waals surface area contributed by atoms with Crippen LogP contribution in [-0.4, -0.2) is 24.4 Å². The molecule has 3 heterocycles. The SMILES string of the molecule is c1ccc(-c2nc3ccccn3c2-c2cn(-c3ccccc3)nn2)cc1. The largest absolute Gasteiger partial charge is 0.298 e. The molecule has 0 unspecified atom stereocenters. The van der Waals surface area contributed by atoms with E-state index in [0.29, 0.717) is 0 Å². The summed E-state index contributed by atoms with van der Waals surface area (Å²) in [6.07, 6.45) is 3.95. The van der Waals surface area contributed by atoms with Gasteiger partial charge in [0, 0.05) is 11.8 Å². The number of pyridine rings is 1. The molecular weight excluding hydrogens is 322 g/mol. The van der Waals surface area contributed by atoms with Gasteiger partial charge in [0.05, 0.1) is 17.6 Å². The van der Waals surface area contributed by atoms with Crippen LogP contribution in [0.15, 0.2) is 91.3 Å². The second-order valence-corrected chi connectivity index (χ2v) is 5.99. The van der Waals surface area contributed by atoms with Crippen LogP contribution < -0.4 is 0 Å². The standard InChI is InChI=1S/C21H15N5/c1-3-9-16(10-4-1)20-21(25-14-8-7-13-19(25)22-20)18-15-26(24-23-18)17-11-5-2-6-12-17/h1-15H. The number of hydrogen-bond acceptors (Lipinski definition) is 3. The first-order valence-corrected chi connectivity index (χ1v) is 8.41. The number of aromatic nitrogens is 5. The van der Waals surface area contributed by atoms with Crippen molar-refractivity contribution in [2.45, 2.75) is 0 Å². The van der Waals surface area contributed by atoms with E-state index in [1.165, 1.54) is 0 Å². The van der Waals surface area contributed by atoms with E-state index < -0.39 is 0 Å². The van der Waals surface area contributed by atoms with Crippen molar-refractivity contribution in [3.8, 4) is 28.3 Å². The Hall–Kier alpha value is -3.73. The van der Waals surface area contributed by atoms with Crippen LogP contribution in [0.1, 0.15) is 0 Å². The zero-order valence-electron chi connectivity index (χ0n) is 13.9. The number of benzene rings is 2. The molecule has 0 aliphatic rings. The van der Waals surface area contributed by atoms with Crippen molar-refractivity contribution in [2.24, 2.45) is 0 Å². The molecule has 0 amide bonds. The fraction of sp³-hybridized carbons (Fsp3) is 0. The van der Waals surface area contributed by atoms with E-state index in [4.69, 9.17) is 4.98 Å². The molecule has 0 aliphatic carbocycles. The maximum atomic E-state index is 4.83. The van der Waals surface area contributed by atoms with Crippen molar-refractivity contribution < 1.29 is 0 Å². The molecule has 5 aromatic rings. The van der Waals surface area contributed by atoms with Gasteiger partial charge in [-0.3, -0.25) is 4.40 Å². The highest BCUT2D eigenvalue weighted by Crippen LogP contribution is 2.31. The van der Waals surface area contributed by atoms with Gasteiger partial charge in [-0.2, -0.15) is 0 Å². The summed E-state index contributed by atoms with van der Waals surface area (Å²) in [5.41, 5.74) is 5.54. The van der Waals surface area contributed by atoms with Crippen molar-refractivity contribution >= 4 is 5.65 Å². The van der Waals surface area contributed by atoms with Crippen LogP contribution >= 0.6 is 0 Å². The predicted octanol–water partition coefficient (Wildman–Crippen LogP) is 4.25. The lowest BCUT2D eigenvalue weighted by Gasteiger charge is -2.02. The maximum absolute atomic E-state index is 4.83. The molecule has 0 saturated carbocycles. The number of rotatable bonds is 3. The Kier molecular flexibility index (Phi) is 3.35. The minimum absolute atomic E-state index is 0.784. The average Bonchev–Trinajstić information content (AvgIpc) is 3.34. The van der Waals surface area contributed by atoms with Gasteiger partial charge in [-0.05, 0) is 24.3 Å². The second kappa shape index (κ2) is 5.97. The third-order valence-electron chi connectivity index (χ3n) is 4.33. The Morgan fingerprint density at radius 2 is 1.46 bits per heavy atom. The molecule has 0 fully saturated rings. The summed E-state index contributed by atoms with van der Waals surface area (Å²) in [6.45, 7) is 0. The lowest BCUT2D eigenvalue weighted by atomic mass is 10.1. The van der Waals surface area contributed by atoms with Gasteiger partial charge in [0.2, 0.25) is 0 Å². The van der Waals surface area contributed by atoms with Crippen LogP contribution in [0.5, 0.6) is 0 Å². The summed E-state index contributed by atoms with van der Waals surface area (Å²) in [5, 5.41) is 8.73. The molecule has 0 spiro atoms. The normalized spacial score (nSPS) is 11.1. The summed E-state index contributed by atoms with van der Waals surface area (Å²) >= 11 is 0. The molecule has 0 saturated heterocycles. The quantitative estimate of drug-likeness (QED) is 0.494. The lowest BCUT2D eigenvalue weighted by molar-refractivity contribution is 0.803. The Morgan fingerprint density at radius 1 is 0.731 bits per heavy atom. The van der Waals surface area contributed by atoms with Crippen LogP contribution in [0, 0.1) is 0 Å². The molecule has 124 valence electrons. The van der Waals surface area contributed by atoms with Crippen LogP contribution in [0.4, 0.5) is 0 Å². The van der Waals surface area contributed by atoms with E-state index in [-0.39, 0.29) is 0 Å². The van der Waals surface area contributed by atoms with E-state index in [1.807, 2.05) is 79.1 Å². The zero-order valence-corrected chi connectivity index (χ0v) is 13.9. The lowest BCUT2D eigenvalue weighted by Crippen LogP contribution is -1.93. The molecule has 0 atom stereocenters. The Morgan fingerprint density at radius 3 is 2.27 bits per heavy atom. The van der Waals surface area contributed by atoms with Crippen molar-refractivity contribution in [3.63, 3.8) is 0 Å². The van der Waals surface area contributed by atoms with Gasteiger partial charge in [0.25, 0.3) is 0 Å². The molecule has 5 heteroatoms. The molecule has 0 radical (unpaired) electrons. The molecule has 26 heavy (non-hydrogen) atoms. The first-order chi connectivity index (χ1) is 12.9. The molecule has 2 aromatic carbocycles. The fourth-order valence-electron chi connectivity index (χ4n) is 3.12. The third-order valence-corrected chi connectivity index (χ3v) is 4.33. The van der Waals surface area contributed by atoms with E-state index in [2.05, 4.69) is 26.8 Å². The van der Waals surface area contributed by atoms with Gasteiger partial charge < -0.3 is 0 Å². The highest BCUT2D eigenvalue weighted by Gasteiger charge is 2.18. The Balaban J connectivity index is 1.73. The number of fused-ring (bicyclic) bond motifs is 1. The summed E-state index contributed by atoms with van der Waals surface area (Å²) < 4.78 is 3.84. The van der Waals surface area contributed by atoms with Gasteiger partial charge in [0.15, 0.2) is 0 Å². The van der Waals surface area contributed by atoms with Crippen LogP contribution in [0.2, 0.25) is 0 Å². The summed E-state index contributed by atoms with van der Waals surface area (Å²) in [4.78, 5) is 4.83. The Bertz CT molecular complexity index is 1170. The Labute approximate surface area is 150 Å². The monoisotopic (exact) mass is 337 g/mol. The van der Waals surface area contributed by atoms with Crippen molar-refractivity contribution in [1.29, 1.82) is 0 Å². The molecule has 3 aromatic heterocycles. The van der Waals surface area contributed by atoms with Gasteiger partial charge in [-0.15, -0.1) is 5.10 Å². The van der Waals surface area contributed by atoms with E-state index in [9.17, 15) is 0 Å². The molecule has 0 N–H and O–H groups in total. The highest BCUT2D eigenvalue weighted by atomic mass is 15.4. The molecule has 0 bridgehead atoms. The smallest absolute Gasteiger partial charge is 0.137 e. The number of nitrogens with zero attached hydrogens (tertiary/aromatic N) is 5. The number of hydrogen-bond donors (Lipinski definition) is 0. The first kappa shape index (κ1) is 14.6. The van der Waals surface area contributed by atoms with Crippen molar-refractivity contribution in [1.82, 2.24) is 24.4 Å². The van der Waals surface area contributed by atoms with E-state index >= 15 is 0 Å². The van der Waals surface area contributed by atoms with Gasteiger partial charge >= 0.3 is 0 Å². The zero-order chi connectivity index (χ0) is 17.3. The van der Waals surface area contributed by atoms with E-state index in [1.54, 1.807) is 4.68 Å². The summed E-state index contributed by atoms with van der Waals surface area (Å²) in [6, 6.07) is 26.1. The third kappa shape index (κ3) is 2.38. The fourth-order valence-corrected chi connectivity index (χ4v) is 3.12. The number of imidazole rings is 1. The number of para-hydroxylation sites is 1. The molecule has 5 nitrogen and oxygen atoms in total. The van der Waals surface area contributed by atoms with Crippen molar-refractivity contribution in [3.05, 3.63) is 91.3 Å². The predicted molar refractivity (Wildman–Crippen MR) is 101 cm³/mol. The average molecular weight is 337 g/mol. The summed E-state index contributed by atoms with van der Waals surface area (Å²) in [7, 11) is 0. The van der Waals surface area contributed by atoms with E-state index in [0.717, 1.165) is 34.0 Å². The van der Waals surface area contributed by atoms with Crippen LogP contribution in [0.3, 0.4) is 0 Å². The van der Waals surface area contributed by atoms with Gasteiger partial charge in [-0.25, -0.2) is 9.67 Å². The molecular formula is C21H15N5. The minimum atomic E-state index is 0.784. The van der Waals surface area contributed by atoms with Crippen LogP contribution in [-0.2, 0) is 0 Å². The van der Waals surface area contributed by atoms with Crippen LogP contribution in [0.25, 0.3) is 34.0 Å². The minimum Gasteiger partial charge on any atom is -0.298 e. The molecule has 5 rings (SSSR count). The molecule has 0 aliphatic heterocycles. The van der Waals surface area contributed by atoms with Gasteiger partial charge in [0.1, 0.15) is 17.0 Å². The van der Waals surface area contributed by atoms with Gasteiger partial charge in [-0.1, -0.05) is 59.8 Å². The summed E-state index contributed by atoms with van der Waals surface area (Å²) in [5.74, 6) is 0. The first-order valence-electron chi connectivity index (χ1n) is 8.41. The maximum Gasteiger partial charge on any atom is 0.137 e.